The minimum Gasteiger partial charge on any atom is -0.376 e. The number of piperidine rings is 1. The van der Waals surface area contributed by atoms with Crippen molar-refractivity contribution in [3.63, 3.8) is 0 Å². The third-order valence-corrected chi connectivity index (χ3v) is 5.42. The van der Waals surface area contributed by atoms with Gasteiger partial charge in [-0.15, -0.1) is 0 Å². The Hall–Kier alpha value is -3.30. The quantitative estimate of drug-likeness (QED) is 0.575. The molecule has 1 amide bonds. The average Bonchev–Trinajstić information content (AvgIpc) is 3.21. The number of halogens is 3. The third-order valence-electron chi connectivity index (χ3n) is 5.42. The molecule has 4 rings (SSSR count). The first-order valence-electron chi connectivity index (χ1n) is 10.1. The van der Waals surface area contributed by atoms with Crippen molar-refractivity contribution >= 4 is 28.4 Å². The molecule has 1 unspecified atom stereocenters. The number of aromatic nitrogens is 3. The summed E-state index contributed by atoms with van der Waals surface area (Å²) in [5.41, 5.74) is 0.457. The van der Waals surface area contributed by atoms with E-state index in [1.165, 1.54) is 25.4 Å². The maximum Gasteiger partial charge on any atom is 0.416 e. The first-order valence-corrected chi connectivity index (χ1v) is 10.1. The minimum atomic E-state index is -4.43. The second-order valence-corrected chi connectivity index (χ2v) is 7.67. The van der Waals surface area contributed by atoms with Gasteiger partial charge in [-0.3, -0.25) is 4.79 Å². The lowest BCUT2D eigenvalue weighted by Gasteiger charge is -2.34. The Labute approximate surface area is 177 Å². The zero-order valence-electron chi connectivity index (χ0n) is 17.0. The van der Waals surface area contributed by atoms with E-state index in [0.29, 0.717) is 6.54 Å². The molecule has 1 saturated heterocycles. The van der Waals surface area contributed by atoms with E-state index in [1.807, 2.05) is 12.3 Å². The van der Waals surface area contributed by atoms with Crippen LogP contribution in [0.3, 0.4) is 0 Å². The van der Waals surface area contributed by atoms with E-state index in [-0.39, 0.29) is 29.7 Å². The van der Waals surface area contributed by atoms with Crippen molar-refractivity contribution in [1.29, 1.82) is 0 Å². The molecule has 0 bridgehead atoms. The van der Waals surface area contributed by atoms with Crippen LogP contribution in [-0.2, 0) is 11.0 Å². The summed E-state index contributed by atoms with van der Waals surface area (Å²) in [5.74, 6) is 0.554. The van der Waals surface area contributed by atoms with Crippen molar-refractivity contribution in [1.82, 2.24) is 20.3 Å². The van der Waals surface area contributed by atoms with E-state index in [1.54, 1.807) is 0 Å². The standard InChI is InChI=1S/C21H23F3N6O/c1-13-4-5-14(9-17(13)21(22,23)24)26-10-18(31)29-15-3-2-8-30(11-15)20-16-6-7-25-19(16)27-12-28-20/h4-7,9,12,15,26H,2-3,8,10-11H2,1H3,(H,29,31)(H,25,27,28). The maximum atomic E-state index is 13.1. The summed E-state index contributed by atoms with van der Waals surface area (Å²) in [7, 11) is 0. The van der Waals surface area contributed by atoms with Crippen molar-refractivity contribution in [2.75, 3.05) is 29.9 Å². The lowest BCUT2D eigenvalue weighted by molar-refractivity contribution is -0.138. The van der Waals surface area contributed by atoms with Crippen LogP contribution >= 0.6 is 0 Å². The van der Waals surface area contributed by atoms with Crippen LogP contribution in [0, 0.1) is 6.92 Å². The predicted octanol–water partition coefficient (Wildman–Crippen LogP) is 3.48. The van der Waals surface area contributed by atoms with Gasteiger partial charge in [0.05, 0.1) is 17.5 Å². The van der Waals surface area contributed by atoms with Crippen LogP contribution in [0.2, 0.25) is 0 Å². The number of amides is 1. The van der Waals surface area contributed by atoms with Gasteiger partial charge in [-0.1, -0.05) is 6.07 Å². The first kappa shape index (κ1) is 21.0. The van der Waals surface area contributed by atoms with Gasteiger partial charge in [-0.25, -0.2) is 9.97 Å². The smallest absolute Gasteiger partial charge is 0.376 e. The number of nitrogens with zero attached hydrogens (tertiary/aromatic N) is 3. The number of carbonyl (C=O) groups excluding carboxylic acids is 1. The van der Waals surface area contributed by atoms with Crippen LogP contribution in [0.4, 0.5) is 24.7 Å². The number of carbonyl (C=O) groups is 1. The Morgan fingerprint density at radius 2 is 2.13 bits per heavy atom. The molecule has 1 aromatic carbocycles. The van der Waals surface area contributed by atoms with Crippen LogP contribution in [0.1, 0.15) is 24.0 Å². The number of hydrogen-bond donors (Lipinski definition) is 3. The van der Waals surface area contributed by atoms with Gasteiger partial charge in [-0.2, -0.15) is 13.2 Å². The summed E-state index contributed by atoms with van der Waals surface area (Å²) in [4.78, 5) is 26.2. The molecule has 1 atom stereocenters. The fraction of sp³-hybridized carbons (Fsp3) is 0.381. The zero-order chi connectivity index (χ0) is 22.0. The Bertz CT molecular complexity index is 1080. The number of hydrogen-bond acceptors (Lipinski definition) is 5. The largest absolute Gasteiger partial charge is 0.416 e. The molecule has 31 heavy (non-hydrogen) atoms. The summed E-state index contributed by atoms with van der Waals surface area (Å²) in [6.07, 6.45) is 0.610. The molecule has 3 aromatic rings. The molecule has 1 aliphatic heterocycles. The second kappa shape index (κ2) is 8.44. The van der Waals surface area contributed by atoms with E-state index >= 15 is 0 Å². The number of anilines is 2. The molecule has 0 spiro atoms. The van der Waals surface area contributed by atoms with Crippen molar-refractivity contribution in [3.8, 4) is 0 Å². The molecule has 7 nitrogen and oxygen atoms in total. The van der Waals surface area contributed by atoms with E-state index in [4.69, 9.17) is 0 Å². The summed E-state index contributed by atoms with van der Waals surface area (Å²) in [6, 6.07) is 5.81. The van der Waals surface area contributed by atoms with E-state index in [2.05, 4.69) is 30.5 Å². The van der Waals surface area contributed by atoms with Gasteiger partial charge in [0.2, 0.25) is 5.91 Å². The summed E-state index contributed by atoms with van der Waals surface area (Å²) >= 11 is 0. The Morgan fingerprint density at radius 3 is 2.94 bits per heavy atom. The van der Waals surface area contributed by atoms with Crippen molar-refractivity contribution in [2.24, 2.45) is 0 Å². The van der Waals surface area contributed by atoms with E-state index in [9.17, 15) is 18.0 Å². The van der Waals surface area contributed by atoms with Crippen molar-refractivity contribution < 1.29 is 18.0 Å². The molecule has 0 saturated carbocycles. The van der Waals surface area contributed by atoms with Gasteiger partial charge in [0.15, 0.2) is 0 Å². The van der Waals surface area contributed by atoms with Crippen LogP contribution in [0.15, 0.2) is 36.8 Å². The zero-order valence-corrected chi connectivity index (χ0v) is 17.0. The fourth-order valence-corrected chi connectivity index (χ4v) is 3.90. The van der Waals surface area contributed by atoms with E-state index in [0.717, 1.165) is 42.3 Å². The maximum absolute atomic E-state index is 13.1. The summed E-state index contributed by atoms with van der Waals surface area (Å²) in [6.45, 7) is 2.73. The summed E-state index contributed by atoms with van der Waals surface area (Å²) in [5, 5.41) is 6.68. The van der Waals surface area contributed by atoms with Crippen LogP contribution in [-0.4, -0.2) is 46.5 Å². The van der Waals surface area contributed by atoms with Gasteiger partial charge < -0.3 is 20.5 Å². The Kier molecular flexibility index (Phi) is 5.71. The van der Waals surface area contributed by atoms with Gasteiger partial charge in [0.25, 0.3) is 0 Å². The average molecular weight is 432 g/mol. The molecular weight excluding hydrogens is 409 g/mol. The van der Waals surface area contributed by atoms with Crippen LogP contribution < -0.4 is 15.5 Å². The van der Waals surface area contributed by atoms with Gasteiger partial charge in [-0.05, 0) is 43.5 Å². The molecule has 1 fully saturated rings. The van der Waals surface area contributed by atoms with Crippen LogP contribution in [0.25, 0.3) is 11.0 Å². The SMILES string of the molecule is Cc1ccc(NCC(=O)NC2CCCN(c3ncnc4[nH]ccc34)C2)cc1C(F)(F)F. The number of alkyl halides is 3. The molecule has 2 aromatic heterocycles. The molecular formula is C21H23F3N6O. The Balaban J connectivity index is 1.35. The molecule has 0 aliphatic carbocycles. The molecule has 1 aliphatic rings. The number of nitrogens with one attached hydrogen (secondary N) is 3. The number of benzene rings is 1. The highest BCUT2D eigenvalue weighted by molar-refractivity contribution is 5.87. The van der Waals surface area contributed by atoms with Gasteiger partial charge >= 0.3 is 6.18 Å². The minimum absolute atomic E-state index is 0.0734. The van der Waals surface area contributed by atoms with Crippen molar-refractivity contribution in [2.45, 2.75) is 32.0 Å². The number of rotatable bonds is 5. The summed E-state index contributed by atoms with van der Waals surface area (Å²) < 4.78 is 39.2. The molecule has 10 heteroatoms. The molecule has 3 N–H and O–H groups in total. The van der Waals surface area contributed by atoms with Gasteiger partial charge in [0.1, 0.15) is 17.8 Å². The first-order chi connectivity index (χ1) is 14.8. The number of H-pyrrole nitrogens is 1. The highest BCUT2D eigenvalue weighted by atomic mass is 19.4. The normalized spacial score (nSPS) is 17.0. The molecule has 164 valence electrons. The number of aromatic amines is 1. The monoisotopic (exact) mass is 432 g/mol. The fourth-order valence-electron chi connectivity index (χ4n) is 3.90. The van der Waals surface area contributed by atoms with Crippen LogP contribution in [0.5, 0.6) is 0 Å². The highest BCUT2D eigenvalue weighted by Gasteiger charge is 2.32. The lowest BCUT2D eigenvalue weighted by Crippen LogP contribution is -2.49. The topological polar surface area (TPSA) is 85.9 Å². The highest BCUT2D eigenvalue weighted by Crippen LogP contribution is 2.33. The van der Waals surface area contributed by atoms with E-state index < -0.39 is 11.7 Å². The number of fused-ring (bicyclic) bond motifs is 1. The Morgan fingerprint density at radius 1 is 1.29 bits per heavy atom. The second-order valence-electron chi connectivity index (χ2n) is 7.67. The van der Waals surface area contributed by atoms with Gasteiger partial charge in [0, 0.05) is 31.0 Å². The predicted molar refractivity (Wildman–Crippen MR) is 112 cm³/mol. The molecule has 0 radical (unpaired) electrons. The number of aryl methyl sites for hydroxylation is 1. The van der Waals surface area contributed by atoms with Crippen molar-refractivity contribution in [3.05, 3.63) is 47.9 Å². The molecule has 3 heterocycles. The lowest BCUT2D eigenvalue weighted by atomic mass is 10.1. The third kappa shape index (κ3) is 4.73.